The van der Waals surface area contributed by atoms with Crippen molar-refractivity contribution in [2.45, 2.75) is 37.4 Å². The normalized spacial score (nSPS) is 28.3. The number of rotatable bonds is 3. The van der Waals surface area contributed by atoms with E-state index in [1.165, 1.54) is 0 Å². The Hall–Kier alpha value is -1.94. The second kappa shape index (κ2) is 4.87. The Labute approximate surface area is 117 Å². The first-order valence-corrected chi connectivity index (χ1v) is 6.87. The maximum Gasteiger partial charge on any atom is 0.261 e. The Morgan fingerprint density at radius 2 is 2.20 bits per heavy atom. The number of carbonyl (C=O) groups is 2. The molecule has 2 aliphatic rings. The van der Waals surface area contributed by atoms with Gasteiger partial charge in [0.1, 0.15) is 5.78 Å². The molecule has 2 atom stereocenters. The molecule has 20 heavy (non-hydrogen) atoms. The van der Waals surface area contributed by atoms with E-state index in [0.717, 1.165) is 17.7 Å². The molecule has 1 saturated heterocycles. The van der Waals surface area contributed by atoms with Crippen LogP contribution in [0.15, 0.2) is 36.9 Å². The van der Waals surface area contributed by atoms with E-state index in [1.54, 1.807) is 6.08 Å². The topological polar surface area (TPSA) is 55.4 Å². The van der Waals surface area contributed by atoms with Gasteiger partial charge in [-0.2, -0.15) is 0 Å². The number of hydrogen-bond acceptors (Lipinski definition) is 3. The lowest BCUT2D eigenvalue weighted by molar-refractivity contribution is -0.169. The molecule has 1 spiro atoms. The van der Waals surface area contributed by atoms with Gasteiger partial charge in [-0.1, -0.05) is 24.3 Å². The lowest BCUT2D eigenvalue weighted by Crippen LogP contribution is -2.47. The number of benzene rings is 1. The van der Waals surface area contributed by atoms with Crippen LogP contribution in [0.5, 0.6) is 0 Å². The van der Waals surface area contributed by atoms with Crippen molar-refractivity contribution >= 4 is 17.4 Å². The van der Waals surface area contributed by atoms with E-state index in [9.17, 15) is 9.59 Å². The lowest BCUT2D eigenvalue weighted by Gasteiger charge is -2.36. The summed E-state index contributed by atoms with van der Waals surface area (Å²) < 4.78 is 6.07. The minimum atomic E-state index is -1.13. The van der Waals surface area contributed by atoms with Crippen molar-refractivity contribution < 1.29 is 14.3 Å². The first-order chi connectivity index (χ1) is 9.65. The number of allylic oxidation sites excluding steroid dienone is 1. The fraction of sp³-hybridized carbons (Fsp3) is 0.375. The highest BCUT2D eigenvalue weighted by Gasteiger charge is 2.53. The van der Waals surface area contributed by atoms with Crippen LogP contribution in [0.25, 0.3) is 0 Å². The van der Waals surface area contributed by atoms with Crippen molar-refractivity contribution in [3.8, 4) is 0 Å². The first kappa shape index (κ1) is 13.1. The smallest absolute Gasteiger partial charge is 0.261 e. The highest BCUT2D eigenvalue weighted by Crippen LogP contribution is 2.45. The maximum absolute atomic E-state index is 12.4. The summed E-state index contributed by atoms with van der Waals surface area (Å²) in [7, 11) is 0. The van der Waals surface area contributed by atoms with Crippen molar-refractivity contribution in [2.24, 2.45) is 0 Å². The van der Waals surface area contributed by atoms with Crippen LogP contribution in [0.1, 0.15) is 31.2 Å². The van der Waals surface area contributed by atoms with Crippen LogP contribution < -0.4 is 5.32 Å². The standard InChI is InChI=1S/C16H17NO3/c1-2-3-6-12-9-11(18)10-16(20-12)13-7-4-5-8-14(13)17-15(16)19/h2,4-5,7-8,12H,1,3,6,9-10H2,(H,17,19)/t12-,16-/m1/s1. The number of amides is 1. The van der Waals surface area contributed by atoms with Gasteiger partial charge in [0.25, 0.3) is 5.91 Å². The van der Waals surface area contributed by atoms with Crippen LogP contribution in [0.4, 0.5) is 5.69 Å². The molecule has 1 N–H and O–H groups in total. The van der Waals surface area contributed by atoms with E-state index < -0.39 is 5.60 Å². The maximum atomic E-state index is 12.4. The first-order valence-electron chi connectivity index (χ1n) is 6.87. The summed E-state index contributed by atoms with van der Waals surface area (Å²) in [6, 6.07) is 7.42. The van der Waals surface area contributed by atoms with E-state index in [1.807, 2.05) is 24.3 Å². The minimum absolute atomic E-state index is 0.0807. The number of Topliss-reactive ketones (excluding diaryl/α,β-unsaturated/α-hetero) is 1. The third-order valence-electron chi connectivity index (χ3n) is 3.94. The number of carbonyl (C=O) groups excluding carboxylic acids is 2. The van der Waals surface area contributed by atoms with Crippen LogP contribution in [-0.2, 0) is 19.9 Å². The van der Waals surface area contributed by atoms with Gasteiger partial charge >= 0.3 is 0 Å². The molecule has 4 heteroatoms. The zero-order chi connectivity index (χ0) is 14.2. The van der Waals surface area contributed by atoms with Crippen molar-refractivity contribution in [3.63, 3.8) is 0 Å². The summed E-state index contributed by atoms with van der Waals surface area (Å²) in [5, 5.41) is 2.82. The van der Waals surface area contributed by atoms with Gasteiger partial charge < -0.3 is 10.1 Å². The lowest BCUT2D eigenvalue weighted by atomic mass is 9.84. The predicted molar refractivity (Wildman–Crippen MR) is 75.3 cm³/mol. The van der Waals surface area contributed by atoms with Gasteiger partial charge in [-0.05, 0) is 18.9 Å². The SMILES string of the molecule is C=CCC[C@@H]1CC(=O)C[C@]2(O1)C(=O)Nc1ccccc12. The summed E-state index contributed by atoms with van der Waals surface area (Å²) in [5.74, 6) is -0.146. The van der Waals surface area contributed by atoms with E-state index in [-0.39, 0.29) is 24.2 Å². The zero-order valence-corrected chi connectivity index (χ0v) is 11.2. The van der Waals surface area contributed by atoms with Crippen LogP contribution in [0.2, 0.25) is 0 Å². The second-order valence-electron chi connectivity index (χ2n) is 5.35. The van der Waals surface area contributed by atoms with Gasteiger partial charge in [-0.3, -0.25) is 9.59 Å². The molecule has 0 bridgehead atoms. The Morgan fingerprint density at radius 1 is 1.40 bits per heavy atom. The molecule has 0 aliphatic carbocycles. The third-order valence-corrected chi connectivity index (χ3v) is 3.94. The molecule has 3 rings (SSSR count). The van der Waals surface area contributed by atoms with Crippen LogP contribution in [0.3, 0.4) is 0 Å². The fourth-order valence-corrected chi connectivity index (χ4v) is 3.02. The molecule has 0 saturated carbocycles. The Balaban J connectivity index is 1.96. The van der Waals surface area contributed by atoms with Gasteiger partial charge in [-0.15, -0.1) is 6.58 Å². The average Bonchev–Trinajstić information content (AvgIpc) is 2.69. The molecule has 1 fully saturated rings. The van der Waals surface area contributed by atoms with Gasteiger partial charge in [0.05, 0.1) is 6.10 Å². The molecular weight excluding hydrogens is 254 g/mol. The Morgan fingerprint density at radius 3 is 3.00 bits per heavy atom. The number of hydrogen-bond donors (Lipinski definition) is 1. The van der Waals surface area contributed by atoms with Gasteiger partial charge in [-0.25, -0.2) is 0 Å². The summed E-state index contributed by atoms with van der Waals surface area (Å²) in [4.78, 5) is 24.4. The largest absolute Gasteiger partial charge is 0.356 e. The molecule has 0 aromatic heterocycles. The molecule has 4 nitrogen and oxygen atoms in total. The summed E-state index contributed by atoms with van der Waals surface area (Å²) in [5.41, 5.74) is 0.397. The van der Waals surface area contributed by atoms with E-state index in [4.69, 9.17) is 4.74 Å². The van der Waals surface area contributed by atoms with Crippen molar-refractivity contribution in [1.29, 1.82) is 0 Å². The zero-order valence-electron chi connectivity index (χ0n) is 11.2. The number of nitrogens with one attached hydrogen (secondary N) is 1. The molecule has 0 unspecified atom stereocenters. The van der Waals surface area contributed by atoms with Crippen molar-refractivity contribution in [2.75, 3.05) is 5.32 Å². The van der Waals surface area contributed by atoms with Crippen molar-refractivity contribution in [3.05, 3.63) is 42.5 Å². The second-order valence-corrected chi connectivity index (χ2v) is 5.35. The summed E-state index contributed by atoms with van der Waals surface area (Å²) in [6.45, 7) is 3.68. The molecule has 0 radical (unpaired) electrons. The molecule has 1 amide bonds. The van der Waals surface area contributed by atoms with Gasteiger partial charge in [0, 0.05) is 24.1 Å². The van der Waals surface area contributed by atoms with Crippen LogP contribution in [0, 0.1) is 0 Å². The highest BCUT2D eigenvalue weighted by molar-refractivity contribution is 6.07. The summed E-state index contributed by atoms with van der Waals surface area (Å²) >= 11 is 0. The van der Waals surface area contributed by atoms with Gasteiger partial charge in [0.15, 0.2) is 5.60 Å². The van der Waals surface area contributed by atoms with E-state index in [0.29, 0.717) is 12.8 Å². The quantitative estimate of drug-likeness (QED) is 0.859. The number of fused-ring (bicyclic) bond motifs is 2. The molecular formula is C16H17NO3. The number of ether oxygens (including phenoxy) is 1. The molecule has 1 aromatic rings. The highest BCUT2D eigenvalue weighted by atomic mass is 16.5. The molecule has 2 heterocycles. The fourth-order valence-electron chi connectivity index (χ4n) is 3.02. The van der Waals surface area contributed by atoms with Crippen LogP contribution in [-0.4, -0.2) is 17.8 Å². The number of para-hydroxylation sites is 1. The minimum Gasteiger partial charge on any atom is -0.356 e. The van der Waals surface area contributed by atoms with Gasteiger partial charge in [0.2, 0.25) is 0 Å². The molecule has 2 aliphatic heterocycles. The van der Waals surface area contributed by atoms with Crippen molar-refractivity contribution in [1.82, 2.24) is 0 Å². The Bertz CT molecular complexity index is 581. The van der Waals surface area contributed by atoms with E-state index in [2.05, 4.69) is 11.9 Å². The molecule has 1 aromatic carbocycles. The monoisotopic (exact) mass is 271 g/mol. The number of anilines is 1. The Kier molecular flexibility index (Phi) is 3.18. The predicted octanol–water partition coefficient (Wildman–Crippen LogP) is 2.55. The third kappa shape index (κ3) is 1.96. The average molecular weight is 271 g/mol. The van der Waals surface area contributed by atoms with Crippen LogP contribution >= 0.6 is 0 Å². The summed E-state index contributed by atoms with van der Waals surface area (Å²) in [6.07, 6.45) is 3.58. The number of ketones is 1. The van der Waals surface area contributed by atoms with E-state index >= 15 is 0 Å². The molecule has 104 valence electrons.